The molecule has 98 valence electrons. The molecule has 0 saturated heterocycles. The van der Waals surface area contributed by atoms with Crippen LogP contribution in [0.25, 0.3) is 0 Å². The van der Waals surface area contributed by atoms with Crippen LogP contribution in [0, 0.1) is 0 Å². The standard InChI is InChI=1S/C13H19N3O2/c1-13(2,3)18-12(17)16-15-11(14)9-10-7-5-4-6-8-10/h4-8H,9H2,1-3H3,(H2,14,15)(H,16,17). The second-order valence-corrected chi connectivity index (χ2v) is 4.88. The molecule has 0 bridgehead atoms. The van der Waals surface area contributed by atoms with E-state index < -0.39 is 11.7 Å². The van der Waals surface area contributed by atoms with E-state index >= 15 is 0 Å². The zero-order valence-electron chi connectivity index (χ0n) is 10.9. The molecule has 3 N–H and O–H groups in total. The molecule has 0 atom stereocenters. The van der Waals surface area contributed by atoms with Crippen molar-refractivity contribution >= 4 is 11.9 Å². The van der Waals surface area contributed by atoms with Gasteiger partial charge in [0.25, 0.3) is 0 Å². The first-order chi connectivity index (χ1) is 8.37. The molecule has 0 heterocycles. The van der Waals surface area contributed by atoms with Gasteiger partial charge in [0.1, 0.15) is 11.4 Å². The van der Waals surface area contributed by atoms with Gasteiger partial charge in [-0.2, -0.15) is 5.10 Å². The van der Waals surface area contributed by atoms with E-state index in [9.17, 15) is 4.79 Å². The van der Waals surface area contributed by atoms with Crippen LogP contribution >= 0.6 is 0 Å². The summed E-state index contributed by atoms with van der Waals surface area (Å²) >= 11 is 0. The fourth-order valence-corrected chi connectivity index (χ4v) is 1.26. The predicted molar refractivity (Wildman–Crippen MR) is 71.1 cm³/mol. The molecule has 18 heavy (non-hydrogen) atoms. The molecule has 5 nitrogen and oxygen atoms in total. The Hall–Kier alpha value is -2.04. The highest BCUT2D eigenvalue weighted by Gasteiger charge is 2.15. The number of nitrogens with one attached hydrogen (secondary N) is 1. The summed E-state index contributed by atoms with van der Waals surface area (Å²) in [6.07, 6.45) is -0.130. The van der Waals surface area contributed by atoms with Crippen molar-refractivity contribution in [2.75, 3.05) is 0 Å². The van der Waals surface area contributed by atoms with Crippen molar-refractivity contribution < 1.29 is 9.53 Å². The molecule has 0 unspecified atom stereocenters. The van der Waals surface area contributed by atoms with Gasteiger partial charge in [-0.1, -0.05) is 30.3 Å². The van der Waals surface area contributed by atoms with Crippen LogP contribution in [0.1, 0.15) is 26.3 Å². The van der Waals surface area contributed by atoms with Crippen LogP contribution in [-0.2, 0) is 11.2 Å². The summed E-state index contributed by atoms with van der Waals surface area (Å²) in [5, 5.41) is 3.77. The lowest BCUT2D eigenvalue weighted by Gasteiger charge is -2.18. The van der Waals surface area contributed by atoms with Crippen molar-refractivity contribution in [2.45, 2.75) is 32.8 Å². The van der Waals surface area contributed by atoms with Crippen LogP contribution in [-0.4, -0.2) is 17.5 Å². The van der Waals surface area contributed by atoms with Gasteiger partial charge >= 0.3 is 6.09 Å². The molecule has 0 saturated carbocycles. The van der Waals surface area contributed by atoms with Crippen LogP contribution in [0.5, 0.6) is 0 Å². The Kier molecular flexibility index (Phi) is 4.71. The number of rotatable bonds is 3. The second kappa shape index (κ2) is 6.05. The number of ether oxygens (including phenoxy) is 1. The molecular weight excluding hydrogens is 230 g/mol. The van der Waals surface area contributed by atoms with E-state index in [0.717, 1.165) is 5.56 Å². The lowest BCUT2D eigenvalue weighted by molar-refractivity contribution is 0.0529. The number of hydrogen-bond acceptors (Lipinski definition) is 3. The summed E-state index contributed by atoms with van der Waals surface area (Å²) in [6.45, 7) is 5.34. The number of nitrogens with zero attached hydrogens (tertiary/aromatic N) is 1. The molecule has 0 aliphatic heterocycles. The molecule has 1 amide bonds. The van der Waals surface area contributed by atoms with Crippen LogP contribution in [0.4, 0.5) is 4.79 Å². The summed E-state index contributed by atoms with van der Waals surface area (Å²) in [5.41, 5.74) is 8.44. The Morgan fingerprint density at radius 3 is 2.50 bits per heavy atom. The summed E-state index contributed by atoms with van der Waals surface area (Å²) < 4.78 is 5.03. The summed E-state index contributed by atoms with van der Waals surface area (Å²) in [4.78, 5) is 11.3. The Labute approximate surface area is 107 Å². The number of amides is 1. The van der Waals surface area contributed by atoms with Gasteiger partial charge in [0, 0.05) is 6.42 Å². The third kappa shape index (κ3) is 5.89. The van der Waals surface area contributed by atoms with E-state index in [4.69, 9.17) is 10.5 Å². The Morgan fingerprint density at radius 1 is 1.33 bits per heavy atom. The topological polar surface area (TPSA) is 76.7 Å². The number of carbonyl (C=O) groups is 1. The molecule has 0 aliphatic rings. The summed E-state index contributed by atoms with van der Waals surface area (Å²) in [7, 11) is 0. The molecule has 0 spiro atoms. The minimum absolute atomic E-state index is 0.326. The third-order valence-electron chi connectivity index (χ3n) is 1.92. The van der Waals surface area contributed by atoms with Gasteiger partial charge in [0.05, 0.1) is 0 Å². The van der Waals surface area contributed by atoms with Gasteiger partial charge in [0.15, 0.2) is 0 Å². The van der Waals surface area contributed by atoms with Gasteiger partial charge < -0.3 is 10.5 Å². The molecule has 5 heteroatoms. The zero-order chi connectivity index (χ0) is 13.6. The van der Waals surface area contributed by atoms with Gasteiger partial charge in [-0.05, 0) is 26.3 Å². The number of hydrazone groups is 1. The van der Waals surface area contributed by atoms with E-state index in [0.29, 0.717) is 12.3 Å². The fraction of sp³-hybridized carbons (Fsp3) is 0.385. The average molecular weight is 249 g/mol. The predicted octanol–water partition coefficient (Wildman–Crippen LogP) is 2.03. The number of amidine groups is 1. The van der Waals surface area contributed by atoms with Crippen LogP contribution in [0.3, 0.4) is 0 Å². The highest BCUT2D eigenvalue weighted by Crippen LogP contribution is 2.06. The third-order valence-corrected chi connectivity index (χ3v) is 1.92. The maximum absolute atomic E-state index is 11.3. The van der Waals surface area contributed by atoms with Crippen LogP contribution in [0.2, 0.25) is 0 Å². The smallest absolute Gasteiger partial charge is 0.428 e. The largest absolute Gasteiger partial charge is 0.443 e. The van der Waals surface area contributed by atoms with Crippen molar-refractivity contribution in [2.24, 2.45) is 10.8 Å². The van der Waals surface area contributed by atoms with Crippen LogP contribution < -0.4 is 11.2 Å². The Bertz CT molecular complexity index is 422. The lowest BCUT2D eigenvalue weighted by Crippen LogP contribution is -2.31. The Balaban J connectivity index is 2.45. The summed E-state index contributed by atoms with van der Waals surface area (Å²) in [5.74, 6) is 0.326. The van der Waals surface area contributed by atoms with E-state index in [1.165, 1.54) is 0 Å². The molecule has 0 aromatic heterocycles. The first-order valence-corrected chi connectivity index (χ1v) is 5.72. The maximum atomic E-state index is 11.3. The number of carbonyl (C=O) groups excluding carboxylic acids is 1. The van der Waals surface area contributed by atoms with Gasteiger partial charge in [-0.15, -0.1) is 0 Å². The van der Waals surface area contributed by atoms with Crippen molar-refractivity contribution in [3.05, 3.63) is 35.9 Å². The molecule has 1 aromatic rings. The van der Waals surface area contributed by atoms with E-state index in [1.54, 1.807) is 20.8 Å². The van der Waals surface area contributed by atoms with Crippen molar-refractivity contribution in [1.29, 1.82) is 0 Å². The zero-order valence-corrected chi connectivity index (χ0v) is 10.9. The van der Waals surface area contributed by atoms with Crippen molar-refractivity contribution in [1.82, 2.24) is 5.43 Å². The van der Waals surface area contributed by atoms with E-state index in [-0.39, 0.29) is 0 Å². The molecular formula is C13H19N3O2. The lowest BCUT2D eigenvalue weighted by atomic mass is 10.1. The molecule has 0 fully saturated rings. The first kappa shape index (κ1) is 14.0. The molecule has 0 aliphatic carbocycles. The van der Waals surface area contributed by atoms with Gasteiger partial charge in [-0.3, -0.25) is 0 Å². The normalized spacial score (nSPS) is 12.1. The van der Waals surface area contributed by atoms with Crippen molar-refractivity contribution in [3.63, 3.8) is 0 Å². The SMILES string of the molecule is CC(C)(C)OC(=O)N/N=C(\N)Cc1ccccc1. The van der Waals surface area contributed by atoms with Crippen LogP contribution in [0.15, 0.2) is 35.4 Å². The number of hydrogen-bond donors (Lipinski definition) is 2. The highest BCUT2D eigenvalue weighted by atomic mass is 16.6. The number of benzene rings is 1. The van der Waals surface area contributed by atoms with Gasteiger partial charge in [0.2, 0.25) is 0 Å². The fourth-order valence-electron chi connectivity index (χ4n) is 1.26. The molecule has 1 rings (SSSR count). The highest BCUT2D eigenvalue weighted by molar-refractivity contribution is 5.83. The number of nitrogens with two attached hydrogens (primary N) is 1. The van der Waals surface area contributed by atoms with E-state index in [2.05, 4.69) is 10.5 Å². The van der Waals surface area contributed by atoms with Gasteiger partial charge in [-0.25, -0.2) is 10.2 Å². The first-order valence-electron chi connectivity index (χ1n) is 5.72. The quantitative estimate of drug-likeness (QED) is 0.489. The minimum atomic E-state index is -0.612. The molecule has 1 aromatic carbocycles. The average Bonchev–Trinajstić information content (AvgIpc) is 2.25. The molecule has 0 radical (unpaired) electrons. The summed E-state index contributed by atoms with van der Waals surface area (Å²) in [6, 6.07) is 9.65. The van der Waals surface area contributed by atoms with E-state index in [1.807, 2.05) is 30.3 Å². The van der Waals surface area contributed by atoms with Crippen molar-refractivity contribution in [3.8, 4) is 0 Å². The minimum Gasteiger partial charge on any atom is -0.443 e. The maximum Gasteiger partial charge on any atom is 0.428 e. The monoisotopic (exact) mass is 249 g/mol. The Morgan fingerprint density at radius 2 is 1.94 bits per heavy atom. The second-order valence-electron chi connectivity index (χ2n) is 4.88.